The summed E-state index contributed by atoms with van der Waals surface area (Å²) in [6.45, 7) is 0.192. The minimum Gasteiger partial charge on any atom is -0.479 e. The maximum atomic E-state index is 12.3. The van der Waals surface area contributed by atoms with Crippen molar-refractivity contribution >= 4 is 18.0 Å². The zero-order valence-electron chi connectivity index (χ0n) is 18.7. The zero-order chi connectivity index (χ0) is 24.8. The van der Waals surface area contributed by atoms with E-state index < -0.39 is 24.1 Å². The standard InChI is InChI=1S/C25H24N4O6/c30-21(24(32)33)9-10-26-23(31)15-11-27-22(28-12-15)13-29-25(34)35-14-20-18-7-3-1-5-16(18)17-6-2-4-8-19(17)20/h1-8,11-12,20-21,30H,9-10,13-14H2,(H,26,31)(H,29,34)(H,32,33)/t21-/m0/s1. The number of rotatable bonds is 9. The van der Waals surface area contributed by atoms with E-state index in [1.54, 1.807) is 0 Å². The third kappa shape index (κ3) is 5.61. The number of carboxylic acid groups (broad SMARTS) is 1. The normalized spacial score (nSPS) is 12.8. The van der Waals surface area contributed by atoms with Crippen LogP contribution in [0.3, 0.4) is 0 Å². The smallest absolute Gasteiger partial charge is 0.407 e. The number of aliphatic carboxylic acids is 1. The number of nitrogens with zero attached hydrogens (tertiary/aromatic N) is 2. The van der Waals surface area contributed by atoms with Crippen molar-refractivity contribution in [1.82, 2.24) is 20.6 Å². The van der Waals surface area contributed by atoms with Crippen LogP contribution in [0.2, 0.25) is 0 Å². The lowest BCUT2D eigenvalue weighted by Crippen LogP contribution is -2.30. The summed E-state index contributed by atoms with van der Waals surface area (Å²) in [7, 11) is 0. The first-order valence-corrected chi connectivity index (χ1v) is 11.0. The van der Waals surface area contributed by atoms with Crippen LogP contribution in [-0.2, 0) is 16.1 Å². The van der Waals surface area contributed by atoms with Gasteiger partial charge in [0.1, 0.15) is 12.4 Å². The first kappa shape index (κ1) is 23.8. The van der Waals surface area contributed by atoms with Gasteiger partial charge < -0.3 is 25.6 Å². The van der Waals surface area contributed by atoms with Gasteiger partial charge >= 0.3 is 12.1 Å². The predicted octanol–water partition coefficient (Wildman–Crippen LogP) is 2.08. The van der Waals surface area contributed by atoms with Gasteiger partial charge in [0.15, 0.2) is 6.10 Å². The van der Waals surface area contributed by atoms with E-state index in [2.05, 4.69) is 32.7 Å². The predicted molar refractivity (Wildman–Crippen MR) is 125 cm³/mol. The molecule has 1 heterocycles. The van der Waals surface area contributed by atoms with E-state index >= 15 is 0 Å². The molecule has 0 saturated carbocycles. The van der Waals surface area contributed by atoms with Crippen molar-refractivity contribution in [3.63, 3.8) is 0 Å². The van der Waals surface area contributed by atoms with Crippen LogP contribution in [-0.4, -0.2) is 57.4 Å². The summed E-state index contributed by atoms with van der Waals surface area (Å²) >= 11 is 0. The Bertz CT molecular complexity index is 1190. The SMILES string of the molecule is O=C(NCc1ncc(C(=O)NCC[C@H](O)C(=O)O)cn1)OCC1c2ccccc2-c2ccccc21. The highest BCUT2D eigenvalue weighted by Gasteiger charge is 2.29. The number of aliphatic hydroxyl groups is 1. The Labute approximate surface area is 201 Å². The second kappa shape index (κ2) is 10.7. The molecule has 10 heteroatoms. The molecule has 0 unspecified atom stereocenters. The zero-order valence-corrected chi connectivity index (χ0v) is 18.7. The fraction of sp³-hybridized carbons (Fsp3) is 0.240. The van der Waals surface area contributed by atoms with Gasteiger partial charge in [-0.1, -0.05) is 48.5 Å². The van der Waals surface area contributed by atoms with Crippen molar-refractivity contribution < 1.29 is 29.3 Å². The molecule has 2 aromatic carbocycles. The molecule has 4 rings (SSSR count). The molecule has 0 spiro atoms. The minimum absolute atomic E-state index is 0.0165. The maximum Gasteiger partial charge on any atom is 0.407 e. The number of aliphatic hydroxyl groups excluding tert-OH is 1. The summed E-state index contributed by atoms with van der Waals surface area (Å²) in [6.07, 6.45) is 0.326. The molecule has 180 valence electrons. The molecule has 1 aliphatic carbocycles. The molecule has 3 aromatic rings. The molecule has 0 bridgehead atoms. The number of carbonyl (C=O) groups is 3. The number of hydrogen-bond acceptors (Lipinski definition) is 7. The molecule has 4 N–H and O–H groups in total. The van der Waals surface area contributed by atoms with Crippen LogP contribution < -0.4 is 10.6 Å². The molecule has 10 nitrogen and oxygen atoms in total. The Kier molecular flexibility index (Phi) is 7.32. The summed E-state index contributed by atoms with van der Waals surface area (Å²) in [5.41, 5.74) is 4.70. The van der Waals surface area contributed by atoms with Gasteiger partial charge in [0.25, 0.3) is 5.91 Å². The molecule has 0 fully saturated rings. The number of hydrogen-bond donors (Lipinski definition) is 4. The highest BCUT2D eigenvalue weighted by Crippen LogP contribution is 2.44. The van der Waals surface area contributed by atoms with E-state index in [0.717, 1.165) is 22.3 Å². The van der Waals surface area contributed by atoms with Gasteiger partial charge in [-0.25, -0.2) is 19.6 Å². The van der Waals surface area contributed by atoms with Crippen molar-refractivity contribution in [2.45, 2.75) is 25.0 Å². The van der Waals surface area contributed by atoms with Gasteiger partial charge in [0.2, 0.25) is 0 Å². The van der Waals surface area contributed by atoms with E-state index in [4.69, 9.17) is 9.84 Å². The van der Waals surface area contributed by atoms with Gasteiger partial charge in [-0.3, -0.25) is 4.79 Å². The number of aromatic nitrogens is 2. The number of carbonyl (C=O) groups excluding carboxylic acids is 2. The average molecular weight is 476 g/mol. The number of benzene rings is 2. The molecule has 0 aliphatic heterocycles. The monoisotopic (exact) mass is 476 g/mol. The summed E-state index contributed by atoms with van der Waals surface area (Å²) in [5.74, 6) is -1.61. The van der Waals surface area contributed by atoms with Crippen LogP contribution in [0.25, 0.3) is 11.1 Å². The largest absolute Gasteiger partial charge is 0.479 e. The molecule has 0 saturated heterocycles. The Morgan fingerprint density at radius 3 is 2.14 bits per heavy atom. The van der Waals surface area contributed by atoms with Crippen LogP contribution in [0.4, 0.5) is 4.79 Å². The van der Waals surface area contributed by atoms with Crippen molar-refractivity contribution in [1.29, 1.82) is 0 Å². The van der Waals surface area contributed by atoms with Crippen molar-refractivity contribution in [2.24, 2.45) is 0 Å². The topological polar surface area (TPSA) is 151 Å². The molecule has 2 amide bonds. The first-order chi connectivity index (χ1) is 16.9. The lowest BCUT2D eigenvalue weighted by atomic mass is 9.98. The van der Waals surface area contributed by atoms with Gasteiger partial charge in [-0.2, -0.15) is 0 Å². The van der Waals surface area contributed by atoms with Gasteiger partial charge in [0, 0.05) is 31.3 Å². The van der Waals surface area contributed by atoms with E-state index in [1.165, 1.54) is 12.4 Å². The molecular formula is C25H24N4O6. The lowest BCUT2D eigenvalue weighted by molar-refractivity contribution is -0.146. The number of carboxylic acids is 1. The van der Waals surface area contributed by atoms with Crippen molar-refractivity contribution in [2.75, 3.05) is 13.2 Å². The second-order valence-corrected chi connectivity index (χ2v) is 7.97. The third-order valence-corrected chi connectivity index (χ3v) is 5.69. The molecule has 1 aromatic heterocycles. The fourth-order valence-electron chi connectivity index (χ4n) is 3.91. The lowest BCUT2D eigenvalue weighted by Gasteiger charge is -2.14. The minimum atomic E-state index is -1.54. The Hall–Kier alpha value is -4.31. The number of nitrogens with one attached hydrogen (secondary N) is 2. The molecule has 0 radical (unpaired) electrons. The highest BCUT2D eigenvalue weighted by atomic mass is 16.5. The second-order valence-electron chi connectivity index (χ2n) is 7.97. The van der Waals surface area contributed by atoms with Crippen LogP contribution in [0.1, 0.15) is 39.6 Å². The van der Waals surface area contributed by atoms with Crippen molar-refractivity contribution in [3.8, 4) is 11.1 Å². The Morgan fingerprint density at radius 2 is 1.54 bits per heavy atom. The van der Waals surface area contributed by atoms with Gasteiger partial charge in [-0.15, -0.1) is 0 Å². The average Bonchev–Trinajstić information content (AvgIpc) is 3.20. The highest BCUT2D eigenvalue weighted by molar-refractivity contribution is 5.93. The van der Waals surface area contributed by atoms with E-state index in [1.807, 2.05) is 36.4 Å². The molecule has 35 heavy (non-hydrogen) atoms. The maximum absolute atomic E-state index is 12.3. The van der Waals surface area contributed by atoms with E-state index in [-0.39, 0.29) is 43.4 Å². The number of alkyl carbamates (subject to hydrolysis) is 1. The number of fused-ring (bicyclic) bond motifs is 3. The van der Waals surface area contributed by atoms with Crippen LogP contribution >= 0.6 is 0 Å². The molecular weight excluding hydrogens is 452 g/mol. The Balaban J connectivity index is 1.25. The quantitative estimate of drug-likeness (QED) is 0.367. The summed E-state index contributed by atoms with van der Waals surface area (Å²) in [4.78, 5) is 43.0. The summed E-state index contributed by atoms with van der Waals surface area (Å²) in [6, 6.07) is 16.1. The molecule has 1 aliphatic rings. The molecule has 1 atom stereocenters. The van der Waals surface area contributed by atoms with Crippen molar-refractivity contribution in [3.05, 3.63) is 83.4 Å². The van der Waals surface area contributed by atoms with Crippen LogP contribution in [0.15, 0.2) is 60.9 Å². The Morgan fingerprint density at radius 1 is 0.943 bits per heavy atom. The van der Waals surface area contributed by atoms with E-state index in [0.29, 0.717) is 0 Å². The summed E-state index contributed by atoms with van der Waals surface area (Å²) in [5, 5.41) is 22.9. The first-order valence-electron chi connectivity index (χ1n) is 11.0. The number of ether oxygens (including phenoxy) is 1. The fourth-order valence-corrected chi connectivity index (χ4v) is 3.91. The summed E-state index contributed by atoms with van der Waals surface area (Å²) < 4.78 is 5.47. The van der Waals surface area contributed by atoms with Crippen LogP contribution in [0, 0.1) is 0 Å². The third-order valence-electron chi connectivity index (χ3n) is 5.69. The van der Waals surface area contributed by atoms with Crippen LogP contribution in [0.5, 0.6) is 0 Å². The van der Waals surface area contributed by atoms with E-state index in [9.17, 15) is 19.5 Å². The van der Waals surface area contributed by atoms with Gasteiger partial charge in [-0.05, 0) is 22.3 Å². The number of amides is 2. The van der Waals surface area contributed by atoms with Gasteiger partial charge in [0.05, 0.1) is 12.1 Å².